The van der Waals surface area contributed by atoms with Crippen LogP contribution in [0.4, 0.5) is 5.95 Å². The summed E-state index contributed by atoms with van der Waals surface area (Å²) in [5.74, 6) is 0.268. The van der Waals surface area contributed by atoms with Crippen LogP contribution >= 0.6 is 0 Å². The van der Waals surface area contributed by atoms with Crippen molar-refractivity contribution >= 4 is 26.8 Å². The van der Waals surface area contributed by atoms with Gasteiger partial charge in [-0.15, -0.1) is 0 Å². The lowest BCUT2D eigenvalue weighted by Crippen LogP contribution is -2.00. The van der Waals surface area contributed by atoms with E-state index >= 15 is 0 Å². The van der Waals surface area contributed by atoms with Crippen molar-refractivity contribution < 1.29 is 8.42 Å². The second kappa shape index (κ2) is 4.60. The van der Waals surface area contributed by atoms with E-state index in [9.17, 15) is 8.42 Å². The van der Waals surface area contributed by atoms with Gasteiger partial charge in [-0.05, 0) is 31.2 Å². The van der Waals surface area contributed by atoms with E-state index in [4.69, 9.17) is 5.73 Å². The smallest absolute Gasteiger partial charge is 0.205 e. The highest BCUT2D eigenvalue weighted by molar-refractivity contribution is 7.91. The Morgan fingerprint density at radius 2 is 1.76 bits per heavy atom. The Labute approximate surface area is 123 Å². The number of hydrogen-bond acceptors (Lipinski definition) is 4. The van der Waals surface area contributed by atoms with Crippen LogP contribution in [0.1, 0.15) is 5.56 Å². The third-order valence-electron chi connectivity index (χ3n) is 3.37. The van der Waals surface area contributed by atoms with E-state index in [1.807, 2.05) is 37.3 Å². The van der Waals surface area contributed by atoms with Crippen LogP contribution in [0, 0.1) is 6.92 Å². The van der Waals surface area contributed by atoms with Crippen LogP contribution in [0.5, 0.6) is 0 Å². The fourth-order valence-electron chi connectivity index (χ4n) is 2.36. The summed E-state index contributed by atoms with van der Waals surface area (Å²) in [6, 6.07) is 12.9. The van der Waals surface area contributed by atoms with Gasteiger partial charge in [-0.2, -0.15) is 0 Å². The Balaban J connectivity index is 2.35. The number of imidazole rings is 1. The van der Waals surface area contributed by atoms with Gasteiger partial charge in [0.15, 0.2) is 9.84 Å². The number of fused-ring (bicyclic) bond motifs is 1. The molecule has 0 radical (unpaired) electrons. The summed E-state index contributed by atoms with van der Waals surface area (Å²) in [5.41, 5.74) is 9.06. The maximum atomic E-state index is 11.9. The fraction of sp³-hybridized carbons (Fsp3) is 0.133. The lowest BCUT2D eigenvalue weighted by atomic mass is 10.2. The molecule has 6 heteroatoms. The molecule has 3 rings (SSSR count). The van der Waals surface area contributed by atoms with E-state index in [1.165, 1.54) is 6.26 Å². The minimum Gasteiger partial charge on any atom is -0.369 e. The number of sulfone groups is 1. The molecule has 0 bridgehead atoms. The normalized spacial score (nSPS) is 11.9. The van der Waals surface area contributed by atoms with Gasteiger partial charge in [-0.1, -0.05) is 23.8 Å². The third kappa shape index (κ3) is 2.27. The monoisotopic (exact) mass is 301 g/mol. The first-order valence-electron chi connectivity index (χ1n) is 6.42. The van der Waals surface area contributed by atoms with Crippen molar-refractivity contribution in [2.45, 2.75) is 11.8 Å². The van der Waals surface area contributed by atoms with Gasteiger partial charge in [0.1, 0.15) is 5.52 Å². The van der Waals surface area contributed by atoms with Gasteiger partial charge < -0.3 is 5.73 Å². The molecule has 0 unspecified atom stereocenters. The van der Waals surface area contributed by atoms with Crippen LogP contribution in [0.25, 0.3) is 16.7 Å². The summed E-state index contributed by atoms with van der Waals surface area (Å²) < 4.78 is 25.5. The molecule has 0 fully saturated rings. The zero-order chi connectivity index (χ0) is 15.2. The van der Waals surface area contributed by atoms with Crippen molar-refractivity contribution in [1.82, 2.24) is 9.55 Å². The Bertz CT molecular complexity index is 925. The van der Waals surface area contributed by atoms with E-state index in [2.05, 4.69) is 4.98 Å². The Morgan fingerprint density at radius 1 is 1.10 bits per heavy atom. The molecule has 0 saturated heterocycles. The number of benzene rings is 2. The molecule has 5 nitrogen and oxygen atoms in total. The average molecular weight is 301 g/mol. The lowest BCUT2D eigenvalue weighted by molar-refractivity contribution is 0.602. The number of nitrogens with zero attached hydrogens (tertiary/aromatic N) is 2. The van der Waals surface area contributed by atoms with Crippen molar-refractivity contribution in [3.8, 4) is 5.69 Å². The quantitative estimate of drug-likeness (QED) is 0.788. The minimum atomic E-state index is -3.35. The molecule has 0 aliphatic heterocycles. The predicted octanol–water partition coefficient (Wildman–Crippen LogP) is 2.32. The van der Waals surface area contributed by atoms with Gasteiger partial charge >= 0.3 is 0 Å². The molecule has 0 saturated carbocycles. The first-order valence-corrected chi connectivity index (χ1v) is 8.31. The van der Waals surface area contributed by atoms with Gasteiger partial charge in [0, 0.05) is 11.9 Å². The van der Waals surface area contributed by atoms with Gasteiger partial charge in [0.05, 0.1) is 10.4 Å². The SMILES string of the molecule is Cc1ccc(-n2c(N)nc3c(S(C)(=O)=O)cccc32)cc1. The van der Waals surface area contributed by atoms with E-state index in [-0.39, 0.29) is 10.8 Å². The standard InChI is InChI=1S/C15H15N3O2S/c1-10-6-8-11(9-7-10)18-12-4-3-5-13(21(2,19)20)14(12)17-15(18)16/h3-9H,1-2H3,(H2,16,17). The number of anilines is 1. The molecule has 2 N–H and O–H groups in total. The maximum Gasteiger partial charge on any atom is 0.205 e. The van der Waals surface area contributed by atoms with Crippen molar-refractivity contribution in [3.05, 3.63) is 48.0 Å². The van der Waals surface area contributed by atoms with E-state index in [1.54, 1.807) is 16.7 Å². The molecular weight excluding hydrogens is 286 g/mol. The number of aromatic nitrogens is 2. The lowest BCUT2D eigenvalue weighted by Gasteiger charge is -2.07. The molecule has 21 heavy (non-hydrogen) atoms. The molecule has 0 aliphatic rings. The van der Waals surface area contributed by atoms with Crippen molar-refractivity contribution in [2.24, 2.45) is 0 Å². The summed E-state index contributed by atoms with van der Waals surface area (Å²) in [4.78, 5) is 4.43. The highest BCUT2D eigenvalue weighted by Crippen LogP contribution is 2.27. The van der Waals surface area contributed by atoms with E-state index in [0.29, 0.717) is 11.0 Å². The number of aryl methyl sites for hydroxylation is 1. The van der Waals surface area contributed by atoms with Crippen LogP contribution in [-0.4, -0.2) is 24.2 Å². The highest BCUT2D eigenvalue weighted by Gasteiger charge is 2.18. The summed E-state index contributed by atoms with van der Waals surface area (Å²) in [6.45, 7) is 2.00. The van der Waals surface area contributed by atoms with Gasteiger partial charge in [0.2, 0.25) is 5.95 Å². The molecule has 2 aromatic carbocycles. The van der Waals surface area contributed by atoms with Crippen LogP contribution in [0.15, 0.2) is 47.4 Å². The number of rotatable bonds is 2. The zero-order valence-corrected chi connectivity index (χ0v) is 12.6. The largest absolute Gasteiger partial charge is 0.369 e. The highest BCUT2D eigenvalue weighted by atomic mass is 32.2. The molecule has 0 amide bonds. The van der Waals surface area contributed by atoms with Crippen LogP contribution in [0.3, 0.4) is 0 Å². The van der Waals surface area contributed by atoms with Crippen molar-refractivity contribution in [1.29, 1.82) is 0 Å². The Morgan fingerprint density at radius 3 is 2.38 bits per heavy atom. The third-order valence-corrected chi connectivity index (χ3v) is 4.49. The van der Waals surface area contributed by atoms with Crippen LogP contribution in [-0.2, 0) is 9.84 Å². The molecule has 0 aliphatic carbocycles. The topological polar surface area (TPSA) is 78.0 Å². The first kappa shape index (κ1) is 13.6. The molecule has 108 valence electrons. The number of nitrogens with two attached hydrogens (primary N) is 1. The van der Waals surface area contributed by atoms with E-state index in [0.717, 1.165) is 11.3 Å². The molecule has 3 aromatic rings. The Hall–Kier alpha value is -2.34. The number of para-hydroxylation sites is 1. The van der Waals surface area contributed by atoms with Gasteiger partial charge in [0.25, 0.3) is 0 Å². The molecule has 0 spiro atoms. The van der Waals surface area contributed by atoms with Gasteiger partial charge in [-0.25, -0.2) is 13.4 Å². The van der Waals surface area contributed by atoms with Crippen LogP contribution < -0.4 is 5.73 Å². The number of nitrogen functional groups attached to an aromatic ring is 1. The van der Waals surface area contributed by atoms with Crippen molar-refractivity contribution in [3.63, 3.8) is 0 Å². The first-order chi connectivity index (χ1) is 9.88. The second-order valence-corrected chi connectivity index (χ2v) is 7.02. The predicted molar refractivity (Wildman–Crippen MR) is 83.3 cm³/mol. The molecule has 0 atom stereocenters. The average Bonchev–Trinajstić information content (AvgIpc) is 2.74. The number of hydrogen-bond donors (Lipinski definition) is 1. The van der Waals surface area contributed by atoms with Crippen molar-refractivity contribution in [2.75, 3.05) is 12.0 Å². The summed E-state index contributed by atoms with van der Waals surface area (Å²) in [6.07, 6.45) is 1.17. The van der Waals surface area contributed by atoms with Crippen LogP contribution in [0.2, 0.25) is 0 Å². The zero-order valence-electron chi connectivity index (χ0n) is 11.7. The fourth-order valence-corrected chi connectivity index (χ4v) is 3.18. The molecular formula is C15H15N3O2S. The summed E-state index contributed by atoms with van der Waals surface area (Å²) in [5, 5.41) is 0. The minimum absolute atomic E-state index is 0.192. The van der Waals surface area contributed by atoms with Gasteiger partial charge in [-0.3, -0.25) is 4.57 Å². The Kier molecular flexibility index (Phi) is 2.98. The molecule has 1 aromatic heterocycles. The van der Waals surface area contributed by atoms with E-state index < -0.39 is 9.84 Å². The summed E-state index contributed by atoms with van der Waals surface area (Å²) in [7, 11) is -3.35. The second-order valence-electron chi connectivity index (χ2n) is 5.04. The summed E-state index contributed by atoms with van der Waals surface area (Å²) >= 11 is 0. The maximum absolute atomic E-state index is 11.9. The molecule has 1 heterocycles.